The van der Waals surface area contributed by atoms with E-state index in [9.17, 15) is 24.2 Å². The number of alkyl halides is 1. The van der Waals surface area contributed by atoms with E-state index < -0.39 is 113 Å². The van der Waals surface area contributed by atoms with Crippen molar-refractivity contribution in [1.29, 1.82) is 5.26 Å². The summed E-state index contributed by atoms with van der Waals surface area (Å²) in [6.45, 7) is 3.24. The molecule has 0 aliphatic carbocycles. The largest absolute Gasteiger partial charge is 0.408 e. The molecule has 3 N–H and O–H groups in total. The van der Waals surface area contributed by atoms with Crippen LogP contribution in [-0.4, -0.2) is 116 Å². The van der Waals surface area contributed by atoms with Crippen LogP contribution in [0.1, 0.15) is 63.9 Å². The predicted molar refractivity (Wildman–Crippen MR) is 255 cm³/mol. The van der Waals surface area contributed by atoms with E-state index in [4.69, 9.17) is 48.3 Å². The lowest BCUT2D eigenvalue weighted by atomic mass is 10.1. The minimum atomic E-state index is -4.57. The lowest BCUT2D eigenvalue weighted by Crippen LogP contribution is -2.50. The monoisotopic (exact) mass is 1050 g/mol. The van der Waals surface area contributed by atoms with E-state index in [1.54, 1.807) is 44.2 Å². The number of benzene rings is 1. The SMILES string of the molecule is CC(C)C(=O)Nc1nc2c(ncn2[C@@H]2O[C@@H]3COP(=S)(OCCC#N)O[C@H]4[C@@H](F)[C@H](n5cnc6c(NC(=O)c7ccccc7)ncnc65)O[C@@H]4COP(=O)(S)O[C@@H]2[C@@H]3O[Si](C)(C)C(C)(C)C)c(=O)[nH]1. The van der Waals surface area contributed by atoms with Crippen molar-refractivity contribution in [3.63, 3.8) is 0 Å². The maximum absolute atomic E-state index is 17.2. The lowest BCUT2D eigenvalue weighted by Gasteiger charge is -2.40. The molecule has 3 aliphatic heterocycles. The number of anilines is 2. The Bertz CT molecular complexity index is 2940. The Labute approximate surface area is 405 Å². The number of nitrogens with one attached hydrogen (secondary N) is 3. The molecule has 10 atom stereocenters. The van der Waals surface area contributed by atoms with E-state index in [1.165, 1.54) is 21.8 Å². The molecular weight excluding hydrogens is 1000 g/mol. The summed E-state index contributed by atoms with van der Waals surface area (Å²) in [4.78, 5) is 63.2. The first-order valence-corrected chi connectivity index (χ1v) is 29.8. The third-order valence-electron chi connectivity index (χ3n) is 11.9. The zero-order chi connectivity index (χ0) is 49.6. The zero-order valence-corrected chi connectivity index (χ0v) is 42.7. The quantitative estimate of drug-likeness (QED) is 0.0486. The summed E-state index contributed by atoms with van der Waals surface area (Å²) in [5, 5.41) is 14.3. The van der Waals surface area contributed by atoms with Gasteiger partial charge in [-0.15, -0.1) is 0 Å². The highest BCUT2D eigenvalue weighted by molar-refractivity contribution is 8.44. The van der Waals surface area contributed by atoms with Gasteiger partial charge >= 0.3 is 13.5 Å². The average molecular weight is 1050 g/mol. The second-order valence-corrected chi connectivity index (χ2v) is 28.7. The van der Waals surface area contributed by atoms with Gasteiger partial charge in [0.2, 0.25) is 11.9 Å². The number of aromatic amines is 1. The van der Waals surface area contributed by atoms with Gasteiger partial charge in [0.15, 0.2) is 55.1 Å². The second kappa shape index (κ2) is 20.0. The predicted octanol–water partition coefficient (Wildman–Crippen LogP) is 6.34. The Balaban J connectivity index is 1.16. The van der Waals surface area contributed by atoms with Crippen LogP contribution in [0.5, 0.6) is 0 Å². The molecule has 0 spiro atoms. The number of halogens is 1. The van der Waals surface area contributed by atoms with Gasteiger partial charge in [0.1, 0.15) is 36.8 Å². The van der Waals surface area contributed by atoms with Crippen molar-refractivity contribution in [2.24, 2.45) is 5.92 Å². The van der Waals surface area contributed by atoms with Crippen molar-refractivity contribution in [1.82, 2.24) is 39.0 Å². The standard InChI is InChI=1S/C40H50FN11O12P2S2Si/c1-21(2)34(53)49-39-48-33-27(36(55)50-39)46-20-52(33)38-30-29(64-69(6,7)40(3,4)5)24(61-38)17-59-66(68,57-15-11-14-42)63-28-23(16-58-65(56,67)62-30)60-37(25(28)41)51-19-45-26-31(43-18-44-32(26)51)47-35(54)22-12-9-8-10-13-22/h8-10,12-13,18-21,23-25,28-30,37-38H,11,15-17H2,1-7H3,(H,56,67)(H,43,44,47,54)(H2,48,49,50,53,55)/t23-,24-,25-,28-,29-,30-,37-,38-,65?,66?/m1/s1. The number of hydrogen-bond acceptors (Lipinski definition) is 19. The molecule has 23 nitrogen and oxygen atoms in total. The molecule has 0 saturated carbocycles. The number of hydrogen-bond donors (Lipinski definition) is 4. The number of nitrogens with zero attached hydrogens (tertiary/aromatic N) is 8. The van der Waals surface area contributed by atoms with E-state index in [-0.39, 0.29) is 47.1 Å². The first-order chi connectivity index (χ1) is 32.6. The summed E-state index contributed by atoms with van der Waals surface area (Å²) in [6, 6.07) is 10.4. The molecule has 3 saturated heterocycles. The fraction of sp³-hybridized carbons (Fsp3) is 0.525. The Hall–Kier alpha value is -4.39. The van der Waals surface area contributed by atoms with Crippen LogP contribution in [0.3, 0.4) is 0 Å². The van der Waals surface area contributed by atoms with Gasteiger partial charge in [-0.25, -0.2) is 28.9 Å². The number of nitriles is 1. The minimum Gasteiger partial charge on any atom is -0.408 e. The van der Waals surface area contributed by atoms with E-state index in [1.807, 2.05) is 39.9 Å². The molecule has 7 heterocycles. The third-order valence-corrected chi connectivity index (χ3v) is 20.4. The Morgan fingerprint density at radius 2 is 1.68 bits per heavy atom. The summed E-state index contributed by atoms with van der Waals surface area (Å²) in [5.74, 6) is -1.47. The summed E-state index contributed by atoms with van der Waals surface area (Å²) in [6.07, 6.45) is -8.11. The number of carbonyl (C=O) groups excluding carboxylic acids is 2. The summed E-state index contributed by atoms with van der Waals surface area (Å²) in [5.41, 5.74) is -0.304. The maximum atomic E-state index is 17.2. The molecule has 1 aromatic carbocycles. The molecule has 2 amide bonds. The van der Waals surface area contributed by atoms with Gasteiger partial charge < -0.3 is 28.3 Å². The Morgan fingerprint density at radius 1 is 1.00 bits per heavy atom. The molecular formula is C40H50FN11O12P2S2Si. The zero-order valence-electron chi connectivity index (χ0n) is 38.2. The first-order valence-electron chi connectivity index (χ1n) is 21.6. The lowest BCUT2D eigenvalue weighted by molar-refractivity contribution is -0.118. The number of amides is 2. The molecule has 4 aromatic heterocycles. The van der Waals surface area contributed by atoms with Crippen LogP contribution < -0.4 is 16.2 Å². The fourth-order valence-electron chi connectivity index (χ4n) is 7.31. The van der Waals surface area contributed by atoms with Crippen LogP contribution in [0.2, 0.25) is 18.1 Å². The Kier molecular flexibility index (Phi) is 14.8. The maximum Gasteiger partial charge on any atom is 0.386 e. The summed E-state index contributed by atoms with van der Waals surface area (Å²) in [7, 11) is -2.80. The first kappa shape index (κ1) is 51.0. The summed E-state index contributed by atoms with van der Waals surface area (Å²) >= 11 is 10.3. The van der Waals surface area contributed by atoms with E-state index in [2.05, 4.69) is 52.8 Å². The van der Waals surface area contributed by atoms with Crippen LogP contribution >= 0.6 is 25.8 Å². The highest BCUT2D eigenvalue weighted by Crippen LogP contribution is 2.60. The van der Waals surface area contributed by atoms with Crippen molar-refractivity contribution in [2.75, 3.05) is 30.5 Å². The molecule has 0 radical (unpaired) electrons. The van der Waals surface area contributed by atoms with Gasteiger partial charge in [-0.3, -0.25) is 47.4 Å². The van der Waals surface area contributed by atoms with Crippen molar-refractivity contribution in [3.8, 4) is 6.07 Å². The van der Waals surface area contributed by atoms with Gasteiger partial charge in [0, 0.05) is 11.5 Å². The molecule has 29 heteroatoms. The van der Waals surface area contributed by atoms with Crippen molar-refractivity contribution < 1.29 is 55.1 Å². The molecule has 3 aliphatic rings. The second-order valence-electron chi connectivity index (χ2n) is 18.1. The molecule has 3 fully saturated rings. The van der Waals surface area contributed by atoms with E-state index in [0.29, 0.717) is 5.56 Å². The van der Waals surface area contributed by atoms with E-state index in [0.717, 1.165) is 6.33 Å². The number of carbonyl (C=O) groups is 2. The van der Waals surface area contributed by atoms with Crippen LogP contribution in [-0.2, 0) is 57.7 Å². The van der Waals surface area contributed by atoms with E-state index >= 15 is 4.39 Å². The van der Waals surface area contributed by atoms with Crippen LogP contribution in [0.15, 0.2) is 54.1 Å². The van der Waals surface area contributed by atoms with Gasteiger partial charge in [-0.1, -0.05) is 65.1 Å². The number of aromatic nitrogens is 8. The molecule has 69 heavy (non-hydrogen) atoms. The fourth-order valence-corrected chi connectivity index (χ4v) is 12.2. The van der Waals surface area contributed by atoms with Crippen molar-refractivity contribution >= 4 is 91.8 Å². The molecule has 8 rings (SSSR count). The van der Waals surface area contributed by atoms with Crippen LogP contribution in [0.4, 0.5) is 16.2 Å². The highest BCUT2D eigenvalue weighted by Gasteiger charge is 2.56. The van der Waals surface area contributed by atoms with Crippen molar-refractivity contribution in [3.05, 3.63) is 65.2 Å². The number of thiol groups is 1. The third kappa shape index (κ3) is 10.8. The number of imidazole rings is 2. The van der Waals surface area contributed by atoms with Gasteiger partial charge in [-0.2, -0.15) is 10.2 Å². The number of H-pyrrole nitrogens is 1. The smallest absolute Gasteiger partial charge is 0.386 e. The summed E-state index contributed by atoms with van der Waals surface area (Å²) < 4.78 is 85.3. The number of fused-ring (bicyclic) bond motifs is 5. The normalized spacial score (nSPS) is 28.9. The molecule has 370 valence electrons. The Morgan fingerprint density at radius 3 is 2.38 bits per heavy atom. The topological polar surface area (TPSA) is 280 Å². The van der Waals surface area contributed by atoms with Crippen molar-refractivity contribution in [2.45, 2.75) is 108 Å². The highest BCUT2D eigenvalue weighted by atomic mass is 32.7. The molecule has 2 bridgehead atoms. The van der Waals surface area contributed by atoms with Crippen LogP contribution in [0.25, 0.3) is 22.3 Å². The van der Waals surface area contributed by atoms with Gasteiger partial charge in [0.05, 0.1) is 45.0 Å². The molecule has 2 unspecified atom stereocenters. The number of ether oxygens (including phenoxy) is 2. The number of rotatable bonds is 11. The van der Waals surface area contributed by atoms with Crippen LogP contribution in [0, 0.1) is 17.2 Å². The average Bonchev–Trinajstić information content (AvgIpc) is 4.06. The van der Waals surface area contributed by atoms with Gasteiger partial charge in [0.25, 0.3) is 11.5 Å². The van der Waals surface area contributed by atoms with Gasteiger partial charge in [-0.05, 0) is 42.1 Å². The molecule has 5 aromatic rings. The minimum absolute atomic E-state index is 0.0430.